The summed E-state index contributed by atoms with van der Waals surface area (Å²) in [5.41, 5.74) is 14.2. The Morgan fingerprint density at radius 1 is 0.617 bits per heavy atom. The largest absolute Gasteiger partial charge is 0.439 e. The Hall–Kier alpha value is -6.54. The molecule has 0 N–H and O–H groups in total. The van der Waals surface area contributed by atoms with Crippen LogP contribution >= 0.6 is 0 Å². The number of fused-ring (bicyclic) bond motifs is 4. The van der Waals surface area contributed by atoms with Gasteiger partial charge in [-0.15, -0.1) is 5.10 Å². The van der Waals surface area contributed by atoms with Crippen molar-refractivity contribution in [3.8, 4) is 51.1 Å². The average Bonchev–Trinajstić information content (AvgIpc) is 3.94. The van der Waals surface area contributed by atoms with Gasteiger partial charge in [-0.25, -0.2) is 14.4 Å². The van der Waals surface area contributed by atoms with Gasteiger partial charge in [0.05, 0.1) is 33.5 Å². The van der Waals surface area contributed by atoms with Crippen LogP contribution in [0.4, 0.5) is 0 Å². The van der Waals surface area contributed by atoms with E-state index in [0.717, 1.165) is 56.0 Å². The molecule has 0 saturated carbocycles. The number of oxazole rings is 1. The summed E-state index contributed by atoms with van der Waals surface area (Å²) in [4.78, 5) is 10.6. The first kappa shape index (κ1) is 38.9. The molecule has 4 aromatic heterocycles. The number of aromatic nitrogens is 6. The molecule has 4 heterocycles. The van der Waals surface area contributed by atoms with Crippen molar-refractivity contribution in [2.45, 2.75) is 91.9 Å². The van der Waals surface area contributed by atoms with Crippen LogP contribution in [0.15, 0.2) is 126 Å². The van der Waals surface area contributed by atoms with E-state index in [2.05, 4.69) is 169 Å². The molecule has 302 valence electrons. The van der Waals surface area contributed by atoms with Gasteiger partial charge >= 0.3 is 5.84 Å². The number of imidazole rings is 1. The fraction of sp³-hybridized carbons (Fsp3) is 0.269. The molecule has 9 rings (SSSR count). The van der Waals surface area contributed by atoms with Gasteiger partial charge in [0.1, 0.15) is 17.9 Å². The minimum atomic E-state index is -0.0262. The van der Waals surface area contributed by atoms with Crippen molar-refractivity contribution in [1.29, 1.82) is 0 Å². The van der Waals surface area contributed by atoms with E-state index in [0.29, 0.717) is 23.1 Å². The molecule has 0 amide bonds. The average molecular weight is 793 g/mol. The van der Waals surface area contributed by atoms with Gasteiger partial charge in [0, 0.05) is 17.7 Å². The van der Waals surface area contributed by atoms with E-state index >= 15 is 0 Å². The zero-order valence-electron chi connectivity index (χ0n) is 36.2. The first-order valence-electron chi connectivity index (χ1n) is 20.9. The fourth-order valence-electron chi connectivity index (χ4n) is 8.10. The molecule has 0 unspecified atom stereocenters. The van der Waals surface area contributed by atoms with E-state index in [4.69, 9.17) is 19.1 Å². The molecule has 0 bridgehead atoms. The van der Waals surface area contributed by atoms with Gasteiger partial charge in [0.2, 0.25) is 5.88 Å². The molecule has 0 spiro atoms. The second-order valence-corrected chi connectivity index (χ2v) is 18.6. The fourth-order valence-corrected chi connectivity index (χ4v) is 8.10. The van der Waals surface area contributed by atoms with Crippen molar-refractivity contribution in [2.75, 3.05) is 0 Å². The van der Waals surface area contributed by atoms with Crippen LogP contribution in [-0.2, 0) is 10.8 Å². The molecule has 8 nitrogen and oxygen atoms in total. The van der Waals surface area contributed by atoms with E-state index in [-0.39, 0.29) is 22.7 Å². The second-order valence-electron chi connectivity index (χ2n) is 18.6. The quantitative estimate of drug-likeness (QED) is 0.152. The van der Waals surface area contributed by atoms with Crippen LogP contribution in [0.5, 0.6) is 11.6 Å². The van der Waals surface area contributed by atoms with Crippen LogP contribution in [0.2, 0.25) is 0 Å². The van der Waals surface area contributed by atoms with Gasteiger partial charge in [0.25, 0.3) is 0 Å². The molecular weight excluding hydrogens is 741 g/mol. The van der Waals surface area contributed by atoms with E-state index in [9.17, 15) is 0 Å². The van der Waals surface area contributed by atoms with Crippen LogP contribution < -0.4 is 4.74 Å². The summed E-state index contributed by atoms with van der Waals surface area (Å²) in [6.07, 6.45) is 1.67. The highest BCUT2D eigenvalue weighted by Gasteiger charge is 2.28. The first-order valence-corrected chi connectivity index (χ1v) is 20.9. The van der Waals surface area contributed by atoms with Crippen molar-refractivity contribution in [1.82, 2.24) is 29.1 Å². The Bertz CT molecular complexity index is 3010. The lowest BCUT2D eigenvalue weighted by atomic mass is 9.81. The summed E-state index contributed by atoms with van der Waals surface area (Å²) in [6, 6.07) is 40.3. The number of para-hydroxylation sites is 2. The van der Waals surface area contributed by atoms with Crippen molar-refractivity contribution < 1.29 is 9.15 Å². The lowest BCUT2D eigenvalue weighted by Gasteiger charge is -2.28. The van der Waals surface area contributed by atoms with Gasteiger partial charge in [0.15, 0.2) is 5.58 Å². The van der Waals surface area contributed by atoms with E-state index in [1.165, 1.54) is 22.3 Å². The molecule has 5 aromatic carbocycles. The minimum Gasteiger partial charge on any atom is -0.439 e. The maximum absolute atomic E-state index is 6.92. The molecule has 0 saturated heterocycles. The van der Waals surface area contributed by atoms with Gasteiger partial charge < -0.3 is 9.15 Å². The van der Waals surface area contributed by atoms with Gasteiger partial charge in [-0.1, -0.05) is 147 Å². The summed E-state index contributed by atoms with van der Waals surface area (Å²) >= 11 is 0. The highest BCUT2D eigenvalue weighted by atomic mass is 16.5. The molecule has 8 heteroatoms. The summed E-state index contributed by atoms with van der Waals surface area (Å²) in [7, 11) is 0. The number of rotatable bonds is 8. The van der Waals surface area contributed by atoms with Crippen LogP contribution in [0.3, 0.4) is 0 Å². The molecule has 0 fully saturated rings. The Morgan fingerprint density at radius 3 is 2.00 bits per heavy atom. The Labute approximate surface area is 351 Å². The van der Waals surface area contributed by atoms with Crippen molar-refractivity contribution in [3.63, 3.8) is 0 Å². The Balaban J connectivity index is 1.29. The van der Waals surface area contributed by atoms with E-state index in [1.54, 1.807) is 6.33 Å². The Morgan fingerprint density at radius 2 is 1.30 bits per heavy atom. The lowest BCUT2D eigenvalue weighted by Crippen LogP contribution is -2.16. The lowest BCUT2D eigenvalue weighted by molar-refractivity contribution is 0.464. The van der Waals surface area contributed by atoms with Gasteiger partial charge in [-0.05, 0) is 86.4 Å². The maximum Gasteiger partial charge on any atom is 0.327 e. The molecule has 0 aliphatic carbocycles. The summed E-state index contributed by atoms with van der Waals surface area (Å²) in [5, 5.41) is 8.49. The summed E-state index contributed by atoms with van der Waals surface area (Å²) in [5.74, 6) is 2.66. The minimum absolute atomic E-state index is 0.0205. The van der Waals surface area contributed by atoms with Crippen LogP contribution in [0, 0.1) is 0 Å². The smallest absolute Gasteiger partial charge is 0.327 e. The Kier molecular flexibility index (Phi) is 9.49. The number of nitrogens with zero attached hydrogens (tertiary/aromatic N) is 6. The van der Waals surface area contributed by atoms with Gasteiger partial charge in [-0.3, -0.25) is 4.57 Å². The predicted octanol–water partition coefficient (Wildman–Crippen LogP) is 13.8. The molecule has 0 radical (unpaired) electrons. The van der Waals surface area contributed by atoms with Crippen LogP contribution in [-0.4, -0.2) is 29.1 Å². The van der Waals surface area contributed by atoms with Gasteiger partial charge in [-0.2, -0.15) is 0 Å². The molecule has 0 aliphatic rings. The number of pyridine rings is 1. The third kappa shape index (κ3) is 7.04. The first-order chi connectivity index (χ1) is 28.6. The normalized spacial score (nSPS) is 12.5. The number of ether oxygens (including phenoxy) is 1. The van der Waals surface area contributed by atoms with Crippen LogP contribution in [0.25, 0.3) is 67.4 Å². The number of hydrogen-bond acceptors (Lipinski definition) is 6. The van der Waals surface area contributed by atoms with Crippen molar-refractivity contribution in [3.05, 3.63) is 144 Å². The topological polar surface area (TPSA) is 83.3 Å². The third-order valence-electron chi connectivity index (χ3n) is 11.5. The third-order valence-corrected chi connectivity index (χ3v) is 11.5. The second kappa shape index (κ2) is 14.6. The zero-order chi connectivity index (χ0) is 42.1. The molecule has 0 aliphatic heterocycles. The zero-order valence-corrected chi connectivity index (χ0v) is 36.2. The van der Waals surface area contributed by atoms with Crippen molar-refractivity contribution >= 4 is 28.0 Å². The standard InChI is InChI=1S/C52H52N6O2/c1-31(2)39-26-37(52(8,9)10)27-40(32(3)4)47(39)58-44-22-15-14-21-42(44)55-49(58)41-28-38(29-45-48(41)60-50-56-53-30-57(45)50)59-46-25-35(33-17-12-11-13-18-33)24-43(54-46)34-19-16-20-36(23-34)51(5,6)7/h11-32H,1-10H3. The number of hydrogen-bond donors (Lipinski definition) is 0. The number of benzene rings is 5. The monoisotopic (exact) mass is 792 g/mol. The molecule has 0 atom stereocenters. The highest BCUT2D eigenvalue weighted by Crippen LogP contribution is 2.43. The van der Waals surface area contributed by atoms with Crippen LogP contribution in [0.1, 0.15) is 103 Å². The van der Waals surface area contributed by atoms with E-state index < -0.39 is 0 Å². The van der Waals surface area contributed by atoms with E-state index in [1.807, 2.05) is 34.7 Å². The molecular formula is C52H52N6O2. The highest BCUT2D eigenvalue weighted by molar-refractivity contribution is 5.95. The molecule has 60 heavy (non-hydrogen) atoms. The maximum atomic E-state index is 6.92. The SMILES string of the molecule is CC(C)c1cc(C(C)(C)C)cc(C(C)C)c1-n1c(-c2cc(Oc3cc(-c4ccccc4)cc(-c4cccc(C(C)(C)C)c4)n3)cc3c2oc2nncn23)nc2ccccc21. The predicted molar refractivity (Wildman–Crippen MR) is 244 cm³/mol. The van der Waals surface area contributed by atoms with Crippen molar-refractivity contribution in [2.24, 2.45) is 0 Å². The molecule has 9 aromatic rings. The summed E-state index contributed by atoms with van der Waals surface area (Å²) in [6.45, 7) is 22.7. The summed E-state index contributed by atoms with van der Waals surface area (Å²) < 4.78 is 17.7.